The summed E-state index contributed by atoms with van der Waals surface area (Å²) in [5.74, 6) is 0.207. The van der Waals surface area contributed by atoms with Gasteiger partial charge in [-0.1, -0.05) is 6.92 Å². The topological polar surface area (TPSA) is 32.3 Å². The molecule has 1 amide bonds. The van der Waals surface area contributed by atoms with Gasteiger partial charge in [-0.25, -0.2) is 0 Å². The van der Waals surface area contributed by atoms with Gasteiger partial charge in [-0.2, -0.15) is 0 Å². The SMILES string of the molecule is CCCN(C(C)=O)C1CNC1. The highest BCUT2D eigenvalue weighted by atomic mass is 16.2. The second-order valence-electron chi connectivity index (χ2n) is 3.02. The molecule has 0 aromatic carbocycles. The molecule has 0 aliphatic carbocycles. The first-order valence-corrected chi connectivity index (χ1v) is 4.23. The molecule has 1 N–H and O–H groups in total. The van der Waals surface area contributed by atoms with Crippen LogP contribution in [0.2, 0.25) is 0 Å². The summed E-state index contributed by atoms with van der Waals surface area (Å²) in [4.78, 5) is 13.0. The Balaban J connectivity index is 2.37. The molecule has 0 bridgehead atoms. The number of nitrogens with zero attached hydrogens (tertiary/aromatic N) is 1. The lowest BCUT2D eigenvalue weighted by Crippen LogP contribution is -2.58. The smallest absolute Gasteiger partial charge is 0.219 e. The van der Waals surface area contributed by atoms with Gasteiger partial charge in [0.1, 0.15) is 0 Å². The number of carbonyl (C=O) groups is 1. The van der Waals surface area contributed by atoms with Gasteiger partial charge in [0.25, 0.3) is 0 Å². The summed E-state index contributed by atoms with van der Waals surface area (Å²) in [5.41, 5.74) is 0. The van der Waals surface area contributed by atoms with Crippen LogP contribution in [-0.4, -0.2) is 36.5 Å². The van der Waals surface area contributed by atoms with Crippen LogP contribution in [0.1, 0.15) is 20.3 Å². The molecule has 1 aliphatic heterocycles. The van der Waals surface area contributed by atoms with Crippen LogP contribution in [0, 0.1) is 0 Å². The van der Waals surface area contributed by atoms with E-state index in [1.54, 1.807) is 6.92 Å². The fourth-order valence-electron chi connectivity index (χ4n) is 1.33. The molecule has 0 atom stereocenters. The normalized spacial score (nSPS) is 17.6. The second kappa shape index (κ2) is 3.72. The van der Waals surface area contributed by atoms with Gasteiger partial charge in [0, 0.05) is 26.6 Å². The van der Waals surface area contributed by atoms with Crippen molar-refractivity contribution in [3.05, 3.63) is 0 Å². The number of hydrogen-bond donors (Lipinski definition) is 1. The zero-order chi connectivity index (χ0) is 8.27. The largest absolute Gasteiger partial charge is 0.337 e. The Hall–Kier alpha value is -0.570. The molecule has 1 aliphatic rings. The lowest BCUT2D eigenvalue weighted by molar-refractivity contribution is -0.132. The van der Waals surface area contributed by atoms with E-state index in [1.807, 2.05) is 4.90 Å². The number of nitrogens with one attached hydrogen (secondary N) is 1. The number of rotatable bonds is 3. The molecule has 1 rings (SSSR count). The van der Waals surface area contributed by atoms with E-state index < -0.39 is 0 Å². The van der Waals surface area contributed by atoms with Crippen molar-refractivity contribution >= 4 is 5.91 Å². The number of hydrogen-bond acceptors (Lipinski definition) is 2. The Labute approximate surface area is 67.8 Å². The van der Waals surface area contributed by atoms with Crippen LogP contribution in [0.25, 0.3) is 0 Å². The summed E-state index contributed by atoms with van der Waals surface area (Å²) >= 11 is 0. The Kier molecular flexibility index (Phi) is 2.88. The van der Waals surface area contributed by atoms with Crippen LogP contribution in [0.3, 0.4) is 0 Å². The Morgan fingerprint density at radius 3 is 2.55 bits per heavy atom. The number of amides is 1. The molecule has 3 nitrogen and oxygen atoms in total. The summed E-state index contributed by atoms with van der Waals surface area (Å²) in [7, 11) is 0. The van der Waals surface area contributed by atoms with Gasteiger partial charge in [-0.3, -0.25) is 4.79 Å². The van der Waals surface area contributed by atoms with Crippen molar-refractivity contribution in [1.29, 1.82) is 0 Å². The fraction of sp³-hybridized carbons (Fsp3) is 0.875. The summed E-state index contributed by atoms with van der Waals surface area (Å²) < 4.78 is 0. The molecule has 0 saturated carbocycles. The van der Waals surface area contributed by atoms with Gasteiger partial charge < -0.3 is 10.2 Å². The third-order valence-corrected chi connectivity index (χ3v) is 2.07. The highest BCUT2D eigenvalue weighted by Gasteiger charge is 2.25. The molecule has 0 aromatic rings. The molecule has 3 heteroatoms. The average Bonchev–Trinajstić information content (AvgIpc) is 1.82. The first-order chi connectivity index (χ1) is 5.25. The van der Waals surface area contributed by atoms with Crippen LogP contribution < -0.4 is 5.32 Å². The van der Waals surface area contributed by atoms with Gasteiger partial charge in [0.2, 0.25) is 5.91 Å². The molecule has 1 saturated heterocycles. The maximum atomic E-state index is 11.1. The van der Waals surface area contributed by atoms with E-state index in [0.717, 1.165) is 26.1 Å². The minimum Gasteiger partial charge on any atom is -0.337 e. The minimum atomic E-state index is 0.207. The molecule has 0 radical (unpaired) electrons. The Bertz CT molecular complexity index is 143. The summed E-state index contributed by atoms with van der Waals surface area (Å²) in [5, 5.41) is 3.16. The molecular weight excluding hydrogens is 140 g/mol. The van der Waals surface area contributed by atoms with Crippen molar-refractivity contribution in [1.82, 2.24) is 10.2 Å². The van der Waals surface area contributed by atoms with E-state index in [4.69, 9.17) is 0 Å². The van der Waals surface area contributed by atoms with Crippen molar-refractivity contribution < 1.29 is 4.79 Å². The predicted molar refractivity (Wildman–Crippen MR) is 44.3 cm³/mol. The lowest BCUT2D eigenvalue weighted by atomic mass is 10.1. The second-order valence-corrected chi connectivity index (χ2v) is 3.02. The summed E-state index contributed by atoms with van der Waals surface area (Å²) in [6.45, 7) is 6.59. The molecule has 0 aromatic heterocycles. The van der Waals surface area contributed by atoms with Crippen LogP contribution in [0.15, 0.2) is 0 Å². The lowest BCUT2D eigenvalue weighted by Gasteiger charge is -2.37. The average molecular weight is 156 g/mol. The van der Waals surface area contributed by atoms with E-state index in [1.165, 1.54) is 0 Å². The first-order valence-electron chi connectivity index (χ1n) is 4.23. The highest BCUT2D eigenvalue weighted by molar-refractivity contribution is 5.73. The van der Waals surface area contributed by atoms with Crippen LogP contribution in [0.4, 0.5) is 0 Å². The maximum Gasteiger partial charge on any atom is 0.219 e. The first kappa shape index (κ1) is 8.53. The van der Waals surface area contributed by atoms with Gasteiger partial charge >= 0.3 is 0 Å². The molecule has 64 valence electrons. The molecular formula is C8H16N2O. The summed E-state index contributed by atoms with van der Waals surface area (Å²) in [6, 6.07) is 0.465. The van der Waals surface area contributed by atoms with Gasteiger partial charge in [-0.15, -0.1) is 0 Å². The molecule has 1 fully saturated rings. The van der Waals surface area contributed by atoms with Crippen molar-refractivity contribution in [3.63, 3.8) is 0 Å². The van der Waals surface area contributed by atoms with E-state index in [2.05, 4.69) is 12.2 Å². The summed E-state index contributed by atoms with van der Waals surface area (Å²) in [6.07, 6.45) is 1.05. The monoisotopic (exact) mass is 156 g/mol. The zero-order valence-corrected chi connectivity index (χ0v) is 7.26. The molecule has 0 unspecified atom stereocenters. The van der Waals surface area contributed by atoms with E-state index in [0.29, 0.717) is 6.04 Å². The zero-order valence-electron chi connectivity index (χ0n) is 7.26. The fourth-order valence-corrected chi connectivity index (χ4v) is 1.33. The van der Waals surface area contributed by atoms with Gasteiger partial charge in [-0.05, 0) is 6.42 Å². The van der Waals surface area contributed by atoms with Crippen LogP contribution in [-0.2, 0) is 4.79 Å². The van der Waals surface area contributed by atoms with Gasteiger partial charge in [0.15, 0.2) is 0 Å². The number of carbonyl (C=O) groups excluding carboxylic acids is 1. The minimum absolute atomic E-state index is 0.207. The van der Waals surface area contributed by atoms with E-state index >= 15 is 0 Å². The Morgan fingerprint density at radius 1 is 1.64 bits per heavy atom. The third kappa shape index (κ3) is 1.93. The van der Waals surface area contributed by atoms with Crippen molar-refractivity contribution in [3.8, 4) is 0 Å². The Morgan fingerprint density at radius 2 is 2.27 bits per heavy atom. The van der Waals surface area contributed by atoms with Gasteiger partial charge in [0.05, 0.1) is 6.04 Å². The standard InChI is InChI=1S/C8H16N2O/c1-3-4-10(7(2)11)8-5-9-6-8/h8-9H,3-6H2,1-2H3. The molecule has 0 spiro atoms. The van der Waals surface area contributed by atoms with Crippen molar-refractivity contribution in [2.24, 2.45) is 0 Å². The van der Waals surface area contributed by atoms with E-state index in [-0.39, 0.29) is 5.91 Å². The van der Waals surface area contributed by atoms with Crippen LogP contribution in [0.5, 0.6) is 0 Å². The highest BCUT2D eigenvalue weighted by Crippen LogP contribution is 2.05. The predicted octanol–water partition coefficient (Wildman–Crippen LogP) is 0.217. The van der Waals surface area contributed by atoms with Crippen molar-refractivity contribution in [2.45, 2.75) is 26.3 Å². The maximum absolute atomic E-state index is 11.1. The van der Waals surface area contributed by atoms with E-state index in [9.17, 15) is 4.79 Å². The van der Waals surface area contributed by atoms with Crippen molar-refractivity contribution in [2.75, 3.05) is 19.6 Å². The molecule has 1 heterocycles. The molecule has 11 heavy (non-hydrogen) atoms. The third-order valence-electron chi connectivity index (χ3n) is 2.07. The van der Waals surface area contributed by atoms with Crippen LogP contribution >= 0.6 is 0 Å². The quantitative estimate of drug-likeness (QED) is 0.634.